The molecule has 5 atom stereocenters. The van der Waals surface area contributed by atoms with E-state index >= 15 is 0 Å². The zero-order chi connectivity index (χ0) is 18.2. The standard InChI is InChI=1S/C16H25NO7/c1-16(2,3)24-15(21)17-8-6-7-9(18)12(17)11(14(20)23-5)10(8)13(19)22-4/h8-12,18H,6-7H2,1-5H3/t8-,9-,10-,11-,12+/m0/s1. The lowest BCUT2D eigenvalue weighted by Gasteiger charge is -2.39. The molecule has 136 valence electrons. The number of nitrogens with zero attached hydrogens (tertiary/aromatic N) is 1. The van der Waals surface area contributed by atoms with Gasteiger partial charge in [-0.3, -0.25) is 14.5 Å². The van der Waals surface area contributed by atoms with Gasteiger partial charge in [-0.1, -0.05) is 0 Å². The minimum atomic E-state index is -0.975. The minimum Gasteiger partial charge on any atom is -0.469 e. The minimum absolute atomic E-state index is 0.379. The second-order valence-electron chi connectivity index (χ2n) is 7.19. The molecule has 0 aromatic heterocycles. The Hall–Kier alpha value is -1.83. The highest BCUT2D eigenvalue weighted by Crippen LogP contribution is 2.45. The van der Waals surface area contributed by atoms with E-state index in [9.17, 15) is 19.5 Å². The van der Waals surface area contributed by atoms with Crippen molar-refractivity contribution in [2.45, 2.75) is 57.4 Å². The molecule has 2 aliphatic heterocycles. The maximum atomic E-state index is 12.6. The third-order valence-electron chi connectivity index (χ3n) is 4.55. The molecule has 0 aromatic rings. The Morgan fingerprint density at radius 3 is 2.04 bits per heavy atom. The Balaban J connectivity index is 2.43. The number of aliphatic hydroxyl groups is 1. The van der Waals surface area contributed by atoms with Crippen molar-refractivity contribution in [2.24, 2.45) is 11.8 Å². The highest BCUT2D eigenvalue weighted by Gasteiger charge is 2.62. The summed E-state index contributed by atoms with van der Waals surface area (Å²) < 4.78 is 15.0. The summed E-state index contributed by atoms with van der Waals surface area (Å²) in [6.07, 6.45) is -0.830. The molecule has 24 heavy (non-hydrogen) atoms. The summed E-state index contributed by atoms with van der Waals surface area (Å²) in [5, 5.41) is 10.4. The lowest BCUT2D eigenvalue weighted by molar-refractivity contribution is -0.157. The molecule has 2 bridgehead atoms. The van der Waals surface area contributed by atoms with Crippen LogP contribution < -0.4 is 0 Å². The molecule has 0 spiro atoms. The molecule has 0 saturated carbocycles. The maximum absolute atomic E-state index is 12.6. The van der Waals surface area contributed by atoms with E-state index in [1.807, 2.05) is 0 Å². The van der Waals surface area contributed by atoms with Crippen molar-refractivity contribution in [1.82, 2.24) is 4.90 Å². The summed E-state index contributed by atoms with van der Waals surface area (Å²) >= 11 is 0. The van der Waals surface area contributed by atoms with Crippen LogP contribution in [0.2, 0.25) is 0 Å². The normalized spacial score (nSPS) is 32.2. The number of carbonyl (C=O) groups excluding carboxylic acids is 3. The van der Waals surface area contributed by atoms with Gasteiger partial charge in [-0.05, 0) is 33.6 Å². The van der Waals surface area contributed by atoms with Crippen LogP contribution in [0.25, 0.3) is 0 Å². The predicted molar refractivity (Wildman–Crippen MR) is 81.9 cm³/mol. The molecule has 0 unspecified atom stereocenters. The van der Waals surface area contributed by atoms with Gasteiger partial charge < -0.3 is 19.3 Å². The average molecular weight is 343 g/mol. The number of rotatable bonds is 2. The molecule has 1 N–H and O–H groups in total. The molecule has 8 heteroatoms. The van der Waals surface area contributed by atoms with E-state index in [-0.39, 0.29) is 0 Å². The van der Waals surface area contributed by atoms with Gasteiger partial charge in [0.05, 0.1) is 38.2 Å². The third-order valence-corrected chi connectivity index (χ3v) is 4.55. The second kappa shape index (κ2) is 6.58. The molecule has 2 fully saturated rings. The van der Waals surface area contributed by atoms with Crippen LogP contribution in [-0.4, -0.2) is 66.0 Å². The van der Waals surface area contributed by atoms with Gasteiger partial charge in [0.25, 0.3) is 0 Å². The zero-order valence-electron chi connectivity index (χ0n) is 14.6. The number of fused-ring (bicyclic) bond motifs is 2. The lowest BCUT2D eigenvalue weighted by atomic mass is 9.87. The fraction of sp³-hybridized carbons (Fsp3) is 0.812. The Kier molecular flexibility index (Phi) is 5.08. The van der Waals surface area contributed by atoms with E-state index in [2.05, 4.69) is 0 Å². The van der Waals surface area contributed by atoms with Gasteiger partial charge in [0.1, 0.15) is 5.60 Å². The number of hydrogen-bond acceptors (Lipinski definition) is 7. The van der Waals surface area contributed by atoms with Gasteiger partial charge in [0.15, 0.2) is 0 Å². The number of piperidine rings is 1. The van der Waals surface area contributed by atoms with E-state index in [1.165, 1.54) is 19.1 Å². The van der Waals surface area contributed by atoms with Gasteiger partial charge in [-0.25, -0.2) is 4.79 Å². The van der Waals surface area contributed by atoms with Crippen LogP contribution in [0, 0.1) is 11.8 Å². The summed E-state index contributed by atoms with van der Waals surface area (Å²) in [5.74, 6) is -3.09. The monoisotopic (exact) mass is 343 g/mol. The van der Waals surface area contributed by atoms with Crippen molar-refractivity contribution in [1.29, 1.82) is 0 Å². The summed E-state index contributed by atoms with van der Waals surface area (Å²) in [5.41, 5.74) is -0.736. The molecule has 2 aliphatic rings. The summed E-state index contributed by atoms with van der Waals surface area (Å²) in [6, 6.07) is -1.43. The van der Waals surface area contributed by atoms with Crippen molar-refractivity contribution in [3.05, 3.63) is 0 Å². The quantitative estimate of drug-likeness (QED) is 0.582. The maximum Gasteiger partial charge on any atom is 0.410 e. The second-order valence-corrected chi connectivity index (χ2v) is 7.19. The van der Waals surface area contributed by atoms with Crippen LogP contribution in [0.15, 0.2) is 0 Å². The van der Waals surface area contributed by atoms with Gasteiger partial charge in [0, 0.05) is 6.04 Å². The number of hydrogen-bond donors (Lipinski definition) is 1. The average Bonchev–Trinajstić information content (AvgIpc) is 2.77. The van der Waals surface area contributed by atoms with Gasteiger partial charge in [-0.2, -0.15) is 0 Å². The van der Waals surface area contributed by atoms with E-state index in [0.29, 0.717) is 12.8 Å². The van der Waals surface area contributed by atoms with Crippen molar-refractivity contribution in [2.75, 3.05) is 14.2 Å². The molecule has 1 amide bonds. The first-order valence-electron chi connectivity index (χ1n) is 7.97. The first-order chi connectivity index (χ1) is 11.1. The van der Waals surface area contributed by atoms with Crippen molar-refractivity contribution in [3.63, 3.8) is 0 Å². The topological polar surface area (TPSA) is 102 Å². The first-order valence-corrected chi connectivity index (χ1v) is 7.97. The number of esters is 2. The Bertz CT molecular complexity index is 527. The molecule has 0 aromatic carbocycles. The summed E-state index contributed by atoms with van der Waals surface area (Å²) in [7, 11) is 2.44. The fourth-order valence-corrected chi connectivity index (χ4v) is 3.71. The van der Waals surface area contributed by atoms with E-state index in [0.717, 1.165) is 0 Å². The number of amides is 1. The van der Waals surface area contributed by atoms with E-state index in [4.69, 9.17) is 14.2 Å². The van der Waals surface area contributed by atoms with Crippen molar-refractivity contribution < 1.29 is 33.7 Å². The smallest absolute Gasteiger partial charge is 0.410 e. The van der Waals surface area contributed by atoms with Crippen LogP contribution in [0.5, 0.6) is 0 Å². The zero-order valence-corrected chi connectivity index (χ0v) is 14.6. The Morgan fingerprint density at radius 1 is 1.00 bits per heavy atom. The number of aliphatic hydroxyl groups excluding tert-OH is 1. The molecule has 8 nitrogen and oxygen atoms in total. The van der Waals surface area contributed by atoms with Crippen LogP contribution in [0.3, 0.4) is 0 Å². The number of ether oxygens (including phenoxy) is 3. The SMILES string of the molecule is COC(=O)[C@@H]1[C@H](C(=O)OC)[C@H]2[C@@H](O)CC[C@@H]1N2C(=O)OC(C)(C)C. The molecular formula is C16H25NO7. The lowest BCUT2D eigenvalue weighted by Crippen LogP contribution is -2.54. The molecule has 2 saturated heterocycles. The van der Waals surface area contributed by atoms with Crippen LogP contribution in [-0.2, 0) is 23.8 Å². The van der Waals surface area contributed by atoms with Crippen LogP contribution >= 0.6 is 0 Å². The van der Waals surface area contributed by atoms with Crippen molar-refractivity contribution in [3.8, 4) is 0 Å². The molecule has 2 rings (SSSR count). The third kappa shape index (κ3) is 3.19. The highest BCUT2D eigenvalue weighted by atomic mass is 16.6. The van der Waals surface area contributed by atoms with Crippen LogP contribution in [0.1, 0.15) is 33.6 Å². The number of carbonyl (C=O) groups is 3. The number of methoxy groups -OCH3 is 2. The van der Waals surface area contributed by atoms with E-state index < -0.39 is 53.7 Å². The first kappa shape index (κ1) is 18.5. The molecule has 0 radical (unpaired) electrons. The van der Waals surface area contributed by atoms with Crippen LogP contribution in [0.4, 0.5) is 4.79 Å². The molecule has 2 heterocycles. The molecular weight excluding hydrogens is 318 g/mol. The highest BCUT2D eigenvalue weighted by molar-refractivity contribution is 5.86. The predicted octanol–water partition coefficient (Wildman–Crippen LogP) is 0.707. The Morgan fingerprint density at radius 2 is 1.54 bits per heavy atom. The molecule has 0 aliphatic carbocycles. The summed E-state index contributed by atoms with van der Waals surface area (Å²) in [6.45, 7) is 5.17. The Labute approximate surface area is 141 Å². The van der Waals surface area contributed by atoms with Gasteiger partial charge in [-0.15, -0.1) is 0 Å². The van der Waals surface area contributed by atoms with E-state index in [1.54, 1.807) is 20.8 Å². The fourth-order valence-electron chi connectivity index (χ4n) is 3.71. The van der Waals surface area contributed by atoms with Gasteiger partial charge in [0.2, 0.25) is 0 Å². The van der Waals surface area contributed by atoms with Crippen molar-refractivity contribution >= 4 is 18.0 Å². The summed E-state index contributed by atoms with van der Waals surface area (Å²) in [4.78, 5) is 38.5. The largest absolute Gasteiger partial charge is 0.469 e. The van der Waals surface area contributed by atoms with Gasteiger partial charge >= 0.3 is 18.0 Å².